The fourth-order valence-electron chi connectivity index (χ4n) is 2.20. The summed E-state index contributed by atoms with van der Waals surface area (Å²) in [7, 11) is 0. The van der Waals surface area contributed by atoms with Crippen molar-refractivity contribution in [1.82, 2.24) is 15.1 Å². The van der Waals surface area contributed by atoms with Crippen molar-refractivity contribution in [3.63, 3.8) is 0 Å². The fourth-order valence-corrected chi connectivity index (χ4v) is 2.49. The predicted octanol–water partition coefficient (Wildman–Crippen LogP) is 3.40. The molecule has 2 rings (SSSR count). The summed E-state index contributed by atoms with van der Waals surface area (Å²) in [5.41, 5.74) is 2.55. The molecule has 4 nitrogen and oxygen atoms in total. The molecule has 1 heterocycles. The Labute approximate surface area is 129 Å². The largest absolute Gasteiger partial charge is 0.356 e. The molecule has 0 radical (unpaired) electrons. The number of benzene rings is 1. The zero-order valence-corrected chi connectivity index (χ0v) is 13.2. The van der Waals surface area contributed by atoms with Crippen molar-refractivity contribution >= 4 is 23.0 Å². The first-order valence-electron chi connectivity index (χ1n) is 6.87. The number of hydrogen-bond acceptors (Lipinski definition) is 2. The zero-order chi connectivity index (χ0) is 15.4. The predicted molar refractivity (Wildman–Crippen MR) is 86.8 cm³/mol. The van der Waals surface area contributed by atoms with E-state index in [0.717, 1.165) is 17.8 Å². The number of hydrogen-bond donors (Lipinski definition) is 2. The van der Waals surface area contributed by atoms with Crippen LogP contribution in [0.15, 0.2) is 30.5 Å². The number of nitrogens with one attached hydrogen (secondary N) is 2. The SMILES string of the molecule is CCn1ncc(C(C)NC(=S)Nc2ccccc2F)c1C. The van der Waals surface area contributed by atoms with Crippen LogP contribution < -0.4 is 10.6 Å². The van der Waals surface area contributed by atoms with E-state index in [1.165, 1.54) is 6.07 Å². The summed E-state index contributed by atoms with van der Waals surface area (Å²) in [6.45, 7) is 6.90. The van der Waals surface area contributed by atoms with E-state index in [2.05, 4.69) is 15.7 Å². The van der Waals surface area contributed by atoms with Crippen LogP contribution in [0.2, 0.25) is 0 Å². The molecule has 0 amide bonds. The van der Waals surface area contributed by atoms with Crippen LogP contribution >= 0.6 is 12.2 Å². The van der Waals surface area contributed by atoms with Crippen molar-refractivity contribution in [3.8, 4) is 0 Å². The van der Waals surface area contributed by atoms with Gasteiger partial charge in [-0.1, -0.05) is 12.1 Å². The molecule has 0 aliphatic carbocycles. The Morgan fingerprint density at radius 3 is 2.76 bits per heavy atom. The monoisotopic (exact) mass is 306 g/mol. The van der Waals surface area contributed by atoms with Crippen molar-refractivity contribution < 1.29 is 4.39 Å². The lowest BCUT2D eigenvalue weighted by Crippen LogP contribution is -2.31. The lowest BCUT2D eigenvalue weighted by atomic mass is 10.1. The van der Waals surface area contributed by atoms with Crippen LogP contribution in [0, 0.1) is 12.7 Å². The second-order valence-electron chi connectivity index (χ2n) is 4.80. The van der Waals surface area contributed by atoms with E-state index in [4.69, 9.17) is 12.2 Å². The third kappa shape index (κ3) is 3.58. The van der Waals surface area contributed by atoms with Gasteiger partial charge in [0.25, 0.3) is 0 Å². The topological polar surface area (TPSA) is 41.9 Å². The third-order valence-corrected chi connectivity index (χ3v) is 3.60. The van der Waals surface area contributed by atoms with Crippen molar-refractivity contribution in [2.24, 2.45) is 0 Å². The van der Waals surface area contributed by atoms with Crippen LogP contribution in [0.3, 0.4) is 0 Å². The first-order valence-corrected chi connectivity index (χ1v) is 7.28. The Kier molecular flexibility index (Phi) is 4.90. The van der Waals surface area contributed by atoms with Crippen molar-refractivity contribution in [2.45, 2.75) is 33.4 Å². The molecule has 21 heavy (non-hydrogen) atoms. The number of anilines is 1. The molecule has 0 spiro atoms. The van der Waals surface area contributed by atoms with E-state index in [1.54, 1.807) is 18.2 Å². The van der Waals surface area contributed by atoms with Gasteiger partial charge in [0.1, 0.15) is 5.82 Å². The van der Waals surface area contributed by atoms with Gasteiger partial charge in [-0.2, -0.15) is 5.10 Å². The molecule has 2 N–H and O–H groups in total. The number of thiocarbonyl (C=S) groups is 1. The Hall–Kier alpha value is -1.95. The number of rotatable bonds is 4. The lowest BCUT2D eigenvalue weighted by Gasteiger charge is -2.17. The fraction of sp³-hybridized carbons (Fsp3) is 0.333. The van der Waals surface area contributed by atoms with Gasteiger partial charge in [0.15, 0.2) is 5.11 Å². The van der Waals surface area contributed by atoms with E-state index in [1.807, 2.05) is 31.6 Å². The highest BCUT2D eigenvalue weighted by molar-refractivity contribution is 7.80. The molecule has 1 unspecified atom stereocenters. The summed E-state index contributed by atoms with van der Waals surface area (Å²) < 4.78 is 15.5. The van der Waals surface area contributed by atoms with E-state index < -0.39 is 0 Å². The Morgan fingerprint density at radius 1 is 1.43 bits per heavy atom. The Bertz CT molecular complexity index is 638. The van der Waals surface area contributed by atoms with Gasteiger partial charge in [-0.25, -0.2) is 4.39 Å². The maximum atomic E-state index is 13.6. The van der Waals surface area contributed by atoms with Crippen molar-refractivity contribution in [3.05, 3.63) is 47.5 Å². The van der Waals surface area contributed by atoms with Crippen molar-refractivity contribution in [2.75, 3.05) is 5.32 Å². The number of aromatic nitrogens is 2. The van der Waals surface area contributed by atoms with E-state index in [9.17, 15) is 4.39 Å². The normalized spacial score (nSPS) is 12.0. The molecule has 1 atom stereocenters. The van der Waals surface area contributed by atoms with Gasteiger partial charge in [-0.15, -0.1) is 0 Å². The van der Waals surface area contributed by atoms with Gasteiger partial charge >= 0.3 is 0 Å². The van der Waals surface area contributed by atoms with Gasteiger partial charge in [-0.3, -0.25) is 4.68 Å². The second-order valence-corrected chi connectivity index (χ2v) is 5.21. The molecule has 112 valence electrons. The molecule has 0 aliphatic rings. The molecule has 6 heteroatoms. The minimum absolute atomic E-state index is 0.00271. The zero-order valence-electron chi connectivity index (χ0n) is 12.4. The molecule has 0 saturated carbocycles. The first-order chi connectivity index (χ1) is 10.0. The summed E-state index contributed by atoms with van der Waals surface area (Å²) in [4.78, 5) is 0. The molecular formula is C15H19FN4S. The molecule has 0 saturated heterocycles. The molecule has 0 bridgehead atoms. The summed E-state index contributed by atoms with van der Waals surface area (Å²) in [6.07, 6.45) is 1.84. The van der Waals surface area contributed by atoms with E-state index in [0.29, 0.717) is 10.8 Å². The van der Waals surface area contributed by atoms with E-state index in [-0.39, 0.29) is 11.9 Å². The maximum absolute atomic E-state index is 13.6. The Morgan fingerprint density at radius 2 is 2.14 bits per heavy atom. The van der Waals surface area contributed by atoms with Crippen molar-refractivity contribution in [1.29, 1.82) is 0 Å². The third-order valence-electron chi connectivity index (χ3n) is 3.38. The van der Waals surface area contributed by atoms with Gasteiger partial charge in [-0.05, 0) is 45.1 Å². The van der Waals surface area contributed by atoms with E-state index >= 15 is 0 Å². The average Bonchev–Trinajstić information content (AvgIpc) is 2.82. The molecule has 0 aliphatic heterocycles. The van der Waals surface area contributed by atoms with Crippen LogP contribution in [-0.4, -0.2) is 14.9 Å². The summed E-state index contributed by atoms with van der Waals surface area (Å²) in [5.74, 6) is -0.329. The van der Waals surface area contributed by atoms with Gasteiger partial charge in [0.2, 0.25) is 0 Å². The Balaban J connectivity index is 2.02. The highest BCUT2D eigenvalue weighted by Crippen LogP contribution is 2.17. The molecule has 1 aromatic heterocycles. The van der Waals surface area contributed by atoms with Gasteiger partial charge in [0.05, 0.1) is 17.9 Å². The maximum Gasteiger partial charge on any atom is 0.171 e. The van der Waals surface area contributed by atoms with Crippen LogP contribution in [-0.2, 0) is 6.54 Å². The highest BCUT2D eigenvalue weighted by atomic mass is 32.1. The summed E-state index contributed by atoms with van der Waals surface area (Å²) in [6, 6.07) is 6.43. The van der Waals surface area contributed by atoms with Crippen LogP contribution in [0.4, 0.5) is 10.1 Å². The standard InChI is InChI=1S/C15H19FN4S/c1-4-20-11(3)12(9-17-20)10(2)18-15(21)19-14-8-6-5-7-13(14)16/h5-10H,4H2,1-3H3,(H2,18,19,21). The number of nitrogens with zero attached hydrogens (tertiary/aromatic N) is 2. The average molecular weight is 306 g/mol. The minimum Gasteiger partial charge on any atom is -0.356 e. The summed E-state index contributed by atoms with van der Waals surface area (Å²) >= 11 is 5.23. The van der Waals surface area contributed by atoms with Crippen LogP contribution in [0.1, 0.15) is 31.1 Å². The number of para-hydroxylation sites is 1. The minimum atomic E-state index is -0.329. The first kappa shape index (κ1) is 15.4. The quantitative estimate of drug-likeness (QED) is 0.850. The molecule has 0 fully saturated rings. The molecular weight excluding hydrogens is 287 g/mol. The second kappa shape index (κ2) is 6.67. The molecule has 2 aromatic rings. The number of halogens is 1. The van der Waals surface area contributed by atoms with Gasteiger partial charge < -0.3 is 10.6 Å². The smallest absolute Gasteiger partial charge is 0.171 e. The lowest BCUT2D eigenvalue weighted by molar-refractivity contribution is 0.630. The summed E-state index contributed by atoms with van der Waals surface area (Å²) in [5, 5.41) is 10.7. The van der Waals surface area contributed by atoms with Crippen LogP contribution in [0.25, 0.3) is 0 Å². The molecule has 1 aromatic carbocycles. The number of aryl methyl sites for hydroxylation is 1. The highest BCUT2D eigenvalue weighted by Gasteiger charge is 2.14. The van der Waals surface area contributed by atoms with Gasteiger partial charge in [0, 0.05) is 17.8 Å². The van der Waals surface area contributed by atoms with Crippen LogP contribution in [0.5, 0.6) is 0 Å².